The van der Waals surface area contributed by atoms with Gasteiger partial charge in [0.2, 0.25) is 0 Å². The Balaban J connectivity index is 1.67. The highest BCUT2D eigenvalue weighted by Crippen LogP contribution is 2.35. The second kappa shape index (κ2) is 6.34. The number of hydrogen-bond acceptors (Lipinski definition) is 5. The predicted molar refractivity (Wildman–Crippen MR) is 86.9 cm³/mol. The van der Waals surface area contributed by atoms with E-state index in [-0.39, 0.29) is 6.61 Å². The minimum atomic E-state index is -0.450. The normalized spacial score (nSPS) is 11.4. The molecule has 0 aliphatic rings. The Morgan fingerprint density at radius 1 is 1.45 bits per heavy atom. The molecular weight excluding hydrogens is 322 g/mol. The molecule has 0 fully saturated rings. The van der Waals surface area contributed by atoms with Crippen LogP contribution in [-0.2, 0) is 16.1 Å². The first-order valence-electron chi connectivity index (χ1n) is 6.57. The van der Waals surface area contributed by atoms with Gasteiger partial charge in [-0.3, -0.25) is 0 Å². The van der Waals surface area contributed by atoms with Crippen LogP contribution in [0.25, 0.3) is 16.2 Å². The molecule has 0 aliphatic carbocycles. The molecule has 3 aromatic rings. The molecule has 4 nitrogen and oxygen atoms in total. The van der Waals surface area contributed by atoms with Crippen LogP contribution in [0, 0.1) is 6.92 Å². The number of aromatic nitrogens is 1. The van der Waals surface area contributed by atoms with Crippen molar-refractivity contribution in [1.29, 1.82) is 0 Å². The third-order valence-electron chi connectivity index (χ3n) is 2.97. The van der Waals surface area contributed by atoms with Crippen molar-refractivity contribution in [2.45, 2.75) is 13.5 Å². The van der Waals surface area contributed by atoms with Crippen LogP contribution >= 0.6 is 22.9 Å². The van der Waals surface area contributed by atoms with Crippen LogP contribution in [0.1, 0.15) is 16.3 Å². The standard InChI is InChI=1S/C16H12ClNO3S/c1-10-8-11(18-21-10)9-20-15(19)7-6-14-16(17)12-4-2-3-5-13(12)22-14/h2-8H,9H2,1H3/b7-6+. The van der Waals surface area contributed by atoms with Gasteiger partial charge in [0.25, 0.3) is 0 Å². The van der Waals surface area contributed by atoms with Crippen LogP contribution in [0.4, 0.5) is 0 Å². The molecule has 0 radical (unpaired) electrons. The number of aryl methyl sites for hydroxylation is 1. The maximum absolute atomic E-state index is 11.7. The second-order valence-electron chi connectivity index (χ2n) is 4.65. The summed E-state index contributed by atoms with van der Waals surface area (Å²) in [5.41, 5.74) is 0.583. The molecule has 112 valence electrons. The molecule has 0 saturated carbocycles. The minimum Gasteiger partial charge on any atom is -0.456 e. The molecule has 0 saturated heterocycles. The summed E-state index contributed by atoms with van der Waals surface area (Å²) in [6.45, 7) is 1.86. The van der Waals surface area contributed by atoms with Gasteiger partial charge in [0.05, 0.1) is 5.02 Å². The predicted octanol–water partition coefficient (Wildman–Crippen LogP) is 4.61. The largest absolute Gasteiger partial charge is 0.456 e. The van der Waals surface area contributed by atoms with Crippen molar-refractivity contribution < 1.29 is 14.1 Å². The Labute approximate surface area is 135 Å². The van der Waals surface area contributed by atoms with E-state index in [1.54, 1.807) is 19.1 Å². The van der Waals surface area contributed by atoms with E-state index in [0.29, 0.717) is 16.5 Å². The molecule has 0 bridgehead atoms. The highest BCUT2D eigenvalue weighted by molar-refractivity contribution is 7.20. The molecule has 6 heteroatoms. The molecular formula is C16H12ClNO3S. The molecule has 22 heavy (non-hydrogen) atoms. The Hall–Kier alpha value is -2.11. The topological polar surface area (TPSA) is 52.3 Å². The summed E-state index contributed by atoms with van der Waals surface area (Å²) >= 11 is 7.83. The fraction of sp³-hybridized carbons (Fsp3) is 0.125. The summed E-state index contributed by atoms with van der Waals surface area (Å²) in [7, 11) is 0. The van der Waals surface area contributed by atoms with E-state index in [0.717, 1.165) is 15.0 Å². The zero-order valence-corrected chi connectivity index (χ0v) is 13.3. The van der Waals surface area contributed by atoms with E-state index >= 15 is 0 Å². The van der Waals surface area contributed by atoms with Crippen LogP contribution in [-0.4, -0.2) is 11.1 Å². The van der Waals surface area contributed by atoms with Crippen LogP contribution in [0.2, 0.25) is 5.02 Å². The molecule has 0 atom stereocenters. The van der Waals surface area contributed by atoms with Gasteiger partial charge in [-0.25, -0.2) is 4.79 Å². The number of hydrogen-bond donors (Lipinski definition) is 0. The smallest absolute Gasteiger partial charge is 0.331 e. The van der Waals surface area contributed by atoms with E-state index in [4.69, 9.17) is 20.9 Å². The third-order valence-corrected chi connectivity index (χ3v) is 4.62. The fourth-order valence-electron chi connectivity index (χ4n) is 1.96. The molecule has 0 N–H and O–H groups in total. The van der Waals surface area contributed by atoms with Gasteiger partial charge in [-0.15, -0.1) is 11.3 Å². The number of thiophene rings is 1. The number of rotatable bonds is 4. The van der Waals surface area contributed by atoms with Crippen molar-refractivity contribution in [2.24, 2.45) is 0 Å². The molecule has 1 aromatic carbocycles. The molecule has 0 unspecified atom stereocenters. The molecule has 2 aromatic heterocycles. The number of benzene rings is 1. The van der Waals surface area contributed by atoms with Crippen LogP contribution in [0.5, 0.6) is 0 Å². The van der Waals surface area contributed by atoms with Gasteiger partial charge in [0, 0.05) is 27.1 Å². The fourth-order valence-corrected chi connectivity index (χ4v) is 3.36. The van der Waals surface area contributed by atoms with Crippen molar-refractivity contribution in [3.63, 3.8) is 0 Å². The zero-order chi connectivity index (χ0) is 15.5. The molecule has 0 aliphatic heterocycles. The number of ether oxygens (including phenoxy) is 1. The summed E-state index contributed by atoms with van der Waals surface area (Å²) in [6, 6.07) is 9.56. The first-order valence-corrected chi connectivity index (χ1v) is 7.77. The summed E-state index contributed by atoms with van der Waals surface area (Å²) in [5.74, 6) is 0.229. The second-order valence-corrected chi connectivity index (χ2v) is 6.11. The maximum atomic E-state index is 11.7. The van der Waals surface area contributed by atoms with Crippen molar-refractivity contribution in [3.05, 3.63) is 57.8 Å². The van der Waals surface area contributed by atoms with E-state index in [1.165, 1.54) is 17.4 Å². The van der Waals surface area contributed by atoms with Crippen molar-refractivity contribution in [1.82, 2.24) is 5.16 Å². The average molecular weight is 334 g/mol. The highest BCUT2D eigenvalue weighted by atomic mass is 35.5. The van der Waals surface area contributed by atoms with Gasteiger partial charge in [-0.05, 0) is 19.1 Å². The van der Waals surface area contributed by atoms with Crippen molar-refractivity contribution in [3.8, 4) is 0 Å². The first-order chi connectivity index (χ1) is 10.6. The molecule has 0 spiro atoms. The van der Waals surface area contributed by atoms with E-state index in [1.807, 2.05) is 24.3 Å². The van der Waals surface area contributed by atoms with Crippen molar-refractivity contribution >= 4 is 45.1 Å². The SMILES string of the molecule is Cc1cc(COC(=O)/C=C/c2sc3ccccc3c2Cl)no1. The summed E-state index contributed by atoms with van der Waals surface area (Å²) in [5, 5.41) is 5.39. The monoisotopic (exact) mass is 333 g/mol. The molecule has 2 heterocycles. The van der Waals surface area contributed by atoms with Gasteiger partial charge in [-0.2, -0.15) is 0 Å². The number of esters is 1. The number of carbonyl (C=O) groups excluding carboxylic acids is 1. The maximum Gasteiger partial charge on any atom is 0.331 e. The average Bonchev–Trinajstić information content (AvgIpc) is 3.07. The van der Waals surface area contributed by atoms with Crippen LogP contribution < -0.4 is 0 Å². The minimum absolute atomic E-state index is 0.0840. The Bertz CT molecular complexity index is 850. The number of halogens is 1. The van der Waals surface area contributed by atoms with E-state index < -0.39 is 5.97 Å². The summed E-state index contributed by atoms with van der Waals surface area (Å²) < 4.78 is 11.1. The molecule has 0 amide bonds. The van der Waals surface area contributed by atoms with Crippen molar-refractivity contribution in [2.75, 3.05) is 0 Å². The van der Waals surface area contributed by atoms with Crippen LogP contribution in [0.3, 0.4) is 0 Å². The number of carbonyl (C=O) groups is 1. The van der Waals surface area contributed by atoms with E-state index in [2.05, 4.69) is 5.16 Å². The Morgan fingerprint density at radius 2 is 2.27 bits per heavy atom. The lowest BCUT2D eigenvalue weighted by molar-refractivity contribution is -0.139. The molecule has 3 rings (SSSR count). The third kappa shape index (κ3) is 3.21. The first kappa shape index (κ1) is 14.8. The lowest BCUT2D eigenvalue weighted by atomic mass is 10.2. The number of nitrogens with zero attached hydrogens (tertiary/aromatic N) is 1. The van der Waals surface area contributed by atoms with Gasteiger partial charge in [0.15, 0.2) is 0 Å². The van der Waals surface area contributed by atoms with E-state index in [9.17, 15) is 4.79 Å². The zero-order valence-electron chi connectivity index (χ0n) is 11.7. The summed E-state index contributed by atoms with van der Waals surface area (Å²) in [6.07, 6.45) is 3.03. The Kier molecular flexibility index (Phi) is 4.27. The van der Waals surface area contributed by atoms with Crippen LogP contribution in [0.15, 0.2) is 40.9 Å². The van der Waals surface area contributed by atoms with Gasteiger partial charge in [0.1, 0.15) is 18.1 Å². The number of fused-ring (bicyclic) bond motifs is 1. The lowest BCUT2D eigenvalue weighted by Gasteiger charge is -1.97. The lowest BCUT2D eigenvalue weighted by Crippen LogP contribution is -2.00. The quantitative estimate of drug-likeness (QED) is 0.517. The van der Waals surface area contributed by atoms with Gasteiger partial charge >= 0.3 is 5.97 Å². The van der Waals surface area contributed by atoms with Gasteiger partial charge < -0.3 is 9.26 Å². The summed E-state index contributed by atoms with van der Waals surface area (Å²) in [4.78, 5) is 12.5. The highest BCUT2D eigenvalue weighted by Gasteiger charge is 2.08. The Morgan fingerprint density at radius 3 is 3.00 bits per heavy atom. The van der Waals surface area contributed by atoms with Gasteiger partial charge in [-0.1, -0.05) is 35.0 Å².